The van der Waals surface area contributed by atoms with Crippen LogP contribution in [0.2, 0.25) is 0 Å². The van der Waals surface area contributed by atoms with Crippen molar-refractivity contribution in [2.24, 2.45) is 0 Å². The van der Waals surface area contributed by atoms with Gasteiger partial charge in [0, 0.05) is 15.1 Å². The molecule has 1 heterocycles. The molecule has 0 unspecified atom stereocenters. The maximum Gasteiger partial charge on any atom is 0.278 e. The molecule has 0 bridgehead atoms. The Bertz CT molecular complexity index is 388. The fraction of sp³-hybridized carbons (Fsp3) is 0. The van der Waals surface area contributed by atoms with Gasteiger partial charge < -0.3 is 4.74 Å². The van der Waals surface area contributed by atoms with Gasteiger partial charge in [0.2, 0.25) is 0 Å². The van der Waals surface area contributed by atoms with E-state index in [1.807, 2.05) is 29.6 Å². The first-order chi connectivity index (χ1) is 6.34. The number of benzene rings is 1. The summed E-state index contributed by atoms with van der Waals surface area (Å²) >= 11 is 3.74. The van der Waals surface area contributed by atoms with Crippen molar-refractivity contribution in [2.75, 3.05) is 0 Å². The fourth-order valence-corrected chi connectivity index (χ4v) is 1.91. The summed E-state index contributed by atoms with van der Waals surface area (Å²) in [5.41, 5.74) is 0. The average molecular weight is 303 g/mol. The number of halogens is 1. The van der Waals surface area contributed by atoms with E-state index in [2.05, 4.69) is 27.6 Å². The highest BCUT2D eigenvalue weighted by molar-refractivity contribution is 14.1. The first-order valence-electron chi connectivity index (χ1n) is 3.67. The van der Waals surface area contributed by atoms with Gasteiger partial charge >= 0.3 is 0 Å². The molecule has 0 aliphatic carbocycles. The molecule has 66 valence electrons. The van der Waals surface area contributed by atoms with Crippen LogP contribution >= 0.6 is 33.9 Å². The Labute approximate surface area is 93.7 Å². The molecule has 2 nitrogen and oxygen atoms in total. The second kappa shape index (κ2) is 4.06. The van der Waals surface area contributed by atoms with E-state index in [1.165, 1.54) is 11.3 Å². The van der Waals surface area contributed by atoms with Crippen molar-refractivity contribution in [3.05, 3.63) is 39.4 Å². The summed E-state index contributed by atoms with van der Waals surface area (Å²) in [4.78, 5) is 4.04. The Hall–Kier alpha value is -0.620. The summed E-state index contributed by atoms with van der Waals surface area (Å²) in [6, 6.07) is 7.88. The topological polar surface area (TPSA) is 22.1 Å². The largest absolute Gasteiger partial charge is 0.431 e. The lowest BCUT2D eigenvalue weighted by molar-refractivity contribution is 0.478. The zero-order valence-corrected chi connectivity index (χ0v) is 9.58. The molecule has 13 heavy (non-hydrogen) atoms. The minimum absolute atomic E-state index is 0.682. The Morgan fingerprint density at radius 1 is 1.38 bits per heavy atom. The molecule has 0 aliphatic heterocycles. The van der Waals surface area contributed by atoms with Gasteiger partial charge in [-0.3, -0.25) is 0 Å². The zero-order chi connectivity index (χ0) is 9.10. The van der Waals surface area contributed by atoms with Gasteiger partial charge in [0.05, 0.1) is 0 Å². The predicted molar refractivity (Wildman–Crippen MR) is 61.3 cm³/mol. The fourth-order valence-electron chi connectivity index (χ4n) is 0.892. The van der Waals surface area contributed by atoms with Crippen LogP contribution in [0, 0.1) is 3.57 Å². The van der Waals surface area contributed by atoms with Crippen molar-refractivity contribution in [3.63, 3.8) is 0 Å². The lowest BCUT2D eigenvalue weighted by Crippen LogP contribution is -1.82. The maximum atomic E-state index is 5.50. The van der Waals surface area contributed by atoms with Crippen molar-refractivity contribution >= 4 is 33.9 Å². The number of ether oxygens (including phenoxy) is 1. The molecule has 2 aromatic rings. The number of aromatic nitrogens is 1. The lowest BCUT2D eigenvalue weighted by atomic mass is 10.3. The van der Waals surface area contributed by atoms with Gasteiger partial charge in [0.1, 0.15) is 5.75 Å². The number of nitrogens with zero attached hydrogens (tertiary/aromatic N) is 1. The lowest BCUT2D eigenvalue weighted by Gasteiger charge is -2.00. The van der Waals surface area contributed by atoms with Crippen molar-refractivity contribution in [1.82, 2.24) is 4.98 Å². The third-order valence-electron chi connectivity index (χ3n) is 1.41. The van der Waals surface area contributed by atoms with Gasteiger partial charge in [-0.1, -0.05) is 17.4 Å². The summed E-state index contributed by atoms with van der Waals surface area (Å²) in [6.07, 6.45) is 1.73. The van der Waals surface area contributed by atoms with Gasteiger partial charge in [-0.2, -0.15) is 0 Å². The molecule has 1 aromatic carbocycles. The Kier molecular flexibility index (Phi) is 2.80. The highest BCUT2D eigenvalue weighted by Crippen LogP contribution is 2.24. The van der Waals surface area contributed by atoms with Crippen molar-refractivity contribution in [2.45, 2.75) is 0 Å². The van der Waals surface area contributed by atoms with E-state index in [-0.39, 0.29) is 0 Å². The molecule has 0 N–H and O–H groups in total. The molecule has 0 saturated heterocycles. The first-order valence-corrected chi connectivity index (χ1v) is 5.63. The smallest absolute Gasteiger partial charge is 0.278 e. The van der Waals surface area contributed by atoms with E-state index in [1.54, 1.807) is 6.20 Å². The SMILES string of the molecule is Ic1cccc(Oc2nccs2)c1. The zero-order valence-electron chi connectivity index (χ0n) is 6.61. The summed E-state index contributed by atoms with van der Waals surface area (Å²) in [5.74, 6) is 0.835. The molecular weight excluding hydrogens is 297 g/mol. The third-order valence-corrected chi connectivity index (χ3v) is 2.73. The number of thiazole rings is 1. The quantitative estimate of drug-likeness (QED) is 0.792. The van der Waals surface area contributed by atoms with Crippen LogP contribution in [-0.4, -0.2) is 4.98 Å². The van der Waals surface area contributed by atoms with Crippen molar-refractivity contribution in [1.29, 1.82) is 0 Å². The van der Waals surface area contributed by atoms with Gasteiger partial charge in [-0.05, 0) is 40.8 Å². The number of hydrogen-bond acceptors (Lipinski definition) is 3. The molecule has 0 radical (unpaired) electrons. The Morgan fingerprint density at radius 3 is 3.00 bits per heavy atom. The third kappa shape index (κ3) is 2.41. The van der Waals surface area contributed by atoms with Gasteiger partial charge in [-0.25, -0.2) is 4.98 Å². The van der Waals surface area contributed by atoms with Crippen LogP contribution in [0.3, 0.4) is 0 Å². The summed E-state index contributed by atoms with van der Waals surface area (Å²) in [5, 5.41) is 2.57. The minimum Gasteiger partial charge on any atom is -0.431 e. The first kappa shape index (κ1) is 8.96. The van der Waals surface area contributed by atoms with Crippen molar-refractivity contribution < 1.29 is 4.74 Å². The predicted octanol–water partition coefficient (Wildman–Crippen LogP) is 3.54. The van der Waals surface area contributed by atoms with Gasteiger partial charge in [-0.15, -0.1) is 0 Å². The van der Waals surface area contributed by atoms with E-state index in [9.17, 15) is 0 Å². The van der Waals surface area contributed by atoms with Crippen molar-refractivity contribution in [3.8, 4) is 10.9 Å². The van der Waals surface area contributed by atoms with Crippen LogP contribution in [0.15, 0.2) is 35.8 Å². The molecule has 1 aromatic heterocycles. The van der Waals surface area contributed by atoms with Crippen LogP contribution in [0.4, 0.5) is 0 Å². The normalized spacial score (nSPS) is 9.92. The minimum atomic E-state index is 0.682. The summed E-state index contributed by atoms with van der Waals surface area (Å²) < 4.78 is 6.66. The summed E-state index contributed by atoms with van der Waals surface area (Å²) in [6.45, 7) is 0. The number of rotatable bonds is 2. The van der Waals surface area contributed by atoms with Gasteiger partial charge in [0.25, 0.3) is 5.19 Å². The molecule has 2 rings (SSSR count). The highest BCUT2D eigenvalue weighted by Gasteiger charge is 1.98. The van der Waals surface area contributed by atoms with E-state index in [0.717, 1.165) is 9.32 Å². The van der Waals surface area contributed by atoms with E-state index >= 15 is 0 Å². The average Bonchev–Trinajstić information content (AvgIpc) is 2.57. The maximum absolute atomic E-state index is 5.50. The van der Waals surface area contributed by atoms with Crippen LogP contribution in [0.25, 0.3) is 0 Å². The van der Waals surface area contributed by atoms with E-state index < -0.39 is 0 Å². The second-order valence-corrected chi connectivity index (χ2v) is 4.46. The molecule has 0 saturated carbocycles. The van der Waals surface area contributed by atoms with E-state index in [4.69, 9.17) is 4.74 Å². The molecular formula is C9H6INOS. The van der Waals surface area contributed by atoms with Crippen LogP contribution in [0.5, 0.6) is 10.9 Å². The monoisotopic (exact) mass is 303 g/mol. The molecule has 0 aliphatic rings. The number of hydrogen-bond donors (Lipinski definition) is 0. The van der Waals surface area contributed by atoms with Crippen LogP contribution < -0.4 is 4.74 Å². The Balaban J connectivity index is 2.19. The molecule has 0 atom stereocenters. The molecule has 4 heteroatoms. The second-order valence-electron chi connectivity index (χ2n) is 2.36. The van der Waals surface area contributed by atoms with Crippen LogP contribution in [-0.2, 0) is 0 Å². The van der Waals surface area contributed by atoms with E-state index in [0.29, 0.717) is 5.19 Å². The molecule has 0 amide bonds. The Morgan fingerprint density at radius 2 is 2.31 bits per heavy atom. The highest BCUT2D eigenvalue weighted by atomic mass is 127. The summed E-state index contributed by atoms with van der Waals surface area (Å²) in [7, 11) is 0. The standard InChI is InChI=1S/C9H6INOS/c10-7-2-1-3-8(6-7)12-9-11-4-5-13-9/h1-6H. The van der Waals surface area contributed by atoms with Gasteiger partial charge in [0.15, 0.2) is 0 Å². The molecule has 0 spiro atoms. The van der Waals surface area contributed by atoms with Crippen LogP contribution in [0.1, 0.15) is 0 Å². The molecule has 0 fully saturated rings.